The fourth-order valence-electron chi connectivity index (χ4n) is 1.65. The molecule has 6 heteroatoms. The van der Waals surface area contributed by atoms with Crippen LogP contribution in [0.1, 0.15) is 26.5 Å². The number of anilines is 1. The van der Waals surface area contributed by atoms with Crippen LogP contribution in [0.15, 0.2) is 36.4 Å². The van der Waals surface area contributed by atoms with Crippen molar-refractivity contribution in [3.8, 4) is 5.75 Å². The van der Waals surface area contributed by atoms with Gasteiger partial charge in [0.2, 0.25) is 0 Å². The van der Waals surface area contributed by atoms with Crippen molar-refractivity contribution < 1.29 is 19.8 Å². The molecule has 1 heterocycles. The van der Waals surface area contributed by atoms with E-state index in [-0.39, 0.29) is 22.7 Å². The highest BCUT2D eigenvalue weighted by molar-refractivity contribution is 6.03. The van der Waals surface area contributed by atoms with Crippen LogP contribution in [0.25, 0.3) is 0 Å². The quantitative estimate of drug-likeness (QED) is 0.742. The monoisotopic (exact) mass is 272 g/mol. The molecule has 1 aromatic heterocycles. The number of aromatic hydroxyl groups is 1. The molecule has 20 heavy (non-hydrogen) atoms. The fraction of sp³-hybridized carbons (Fsp3) is 0.0714. The maximum atomic E-state index is 11.9. The Morgan fingerprint density at radius 2 is 1.95 bits per heavy atom. The van der Waals surface area contributed by atoms with Crippen molar-refractivity contribution in [3.05, 3.63) is 53.3 Å². The maximum absolute atomic E-state index is 11.9. The van der Waals surface area contributed by atoms with Crippen LogP contribution in [0.3, 0.4) is 0 Å². The van der Waals surface area contributed by atoms with Crippen molar-refractivity contribution in [1.82, 2.24) is 4.98 Å². The predicted molar refractivity (Wildman–Crippen MR) is 72.0 cm³/mol. The van der Waals surface area contributed by atoms with Crippen LogP contribution in [-0.4, -0.2) is 27.1 Å². The van der Waals surface area contributed by atoms with Gasteiger partial charge in [-0.05, 0) is 37.3 Å². The summed E-state index contributed by atoms with van der Waals surface area (Å²) in [5.74, 6) is -2.08. The minimum atomic E-state index is -1.27. The van der Waals surface area contributed by atoms with Gasteiger partial charge in [-0.15, -0.1) is 0 Å². The largest absolute Gasteiger partial charge is 0.507 e. The Balaban J connectivity index is 2.24. The summed E-state index contributed by atoms with van der Waals surface area (Å²) in [6, 6.07) is 8.83. The molecule has 1 aromatic carbocycles. The Morgan fingerprint density at radius 1 is 1.20 bits per heavy atom. The standard InChI is InChI=1S/C14H12N2O4/c1-8-3-2-4-11(15-8)13(18)16-9-5-6-12(17)10(7-9)14(19)20/h2-7,17H,1H3,(H,16,18)(H,19,20). The molecule has 0 saturated carbocycles. The number of pyridine rings is 1. The van der Waals surface area contributed by atoms with Crippen LogP contribution in [0, 0.1) is 6.92 Å². The van der Waals surface area contributed by atoms with Gasteiger partial charge in [0.25, 0.3) is 5.91 Å². The summed E-state index contributed by atoms with van der Waals surface area (Å²) < 4.78 is 0. The van der Waals surface area contributed by atoms with Crippen molar-refractivity contribution >= 4 is 17.6 Å². The summed E-state index contributed by atoms with van der Waals surface area (Å²) >= 11 is 0. The van der Waals surface area contributed by atoms with Crippen molar-refractivity contribution in [2.24, 2.45) is 0 Å². The molecule has 0 unspecified atom stereocenters. The zero-order valence-electron chi connectivity index (χ0n) is 10.6. The molecule has 2 aromatic rings. The van der Waals surface area contributed by atoms with E-state index in [1.54, 1.807) is 25.1 Å². The Morgan fingerprint density at radius 3 is 2.60 bits per heavy atom. The Labute approximate surface area is 114 Å². The lowest BCUT2D eigenvalue weighted by Gasteiger charge is -2.07. The molecule has 1 amide bonds. The second kappa shape index (κ2) is 5.40. The number of hydrogen-bond donors (Lipinski definition) is 3. The van der Waals surface area contributed by atoms with Gasteiger partial charge in [-0.3, -0.25) is 4.79 Å². The van der Waals surface area contributed by atoms with Gasteiger partial charge in [-0.2, -0.15) is 0 Å². The van der Waals surface area contributed by atoms with Crippen LogP contribution in [-0.2, 0) is 0 Å². The first-order valence-corrected chi connectivity index (χ1v) is 5.78. The number of carboxylic acid groups (broad SMARTS) is 1. The van der Waals surface area contributed by atoms with Crippen LogP contribution in [0.5, 0.6) is 5.75 Å². The lowest BCUT2D eigenvalue weighted by atomic mass is 10.1. The van der Waals surface area contributed by atoms with Crippen LogP contribution < -0.4 is 5.32 Å². The van der Waals surface area contributed by atoms with E-state index < -0.39 is 11.9 Å². The molecule has 0 radical (unpaired) electrons. The van der Waals surface area contributed by atoms with E-state index in [9.17, 15) is 14.7 Å². The smallest absolute Gasteiger partial charge is 0.339 e. The molecule has 0 fully saturated rings. The number of carboxylic acids is 1. The number of amides is 1. The van der Waals surface area contributed by atoms with Gasteiger partial charge in [0.1, 0.15) is 17.0 Å². The molecular weight excluding hydrogens is 260 g/mol. The molecular formula is C14H12N2O4. The molecule has 0 spiro atoms. The third-order valence-corrected chi connectivity index (χ3v) is 2.61. The van der Waals surface area contributed by atoms with Gasteiger partial charge in [0.15, 0.2) is 0 Å². The van der Waals surface area contributed by atoms with E-state index in [2.05, 4.69) is 10.3 Å². The highest BCUT2D eigenvalue weighted by Gasteiger charge is 2.13. The normalized spacial score (nSPS) is 10.1. The van der Waals surface area contributed by atoms with Crippen molar-refractivity contribution in [1.29, 1.82) is 0 Å². The van der Waals surface area contributed by atoms with E-state index in [1.165, 1.54) is 18.2 Å². The number of benzene rings is 1. The highest BCUT2D eigenvalue weighted by Crippen LogP contribution is 2.21. The molecule has 3 N–H and O–H groups in total. The van der Waals surface area contributed by atoms with Gasteiger partial charge in [0, 0.05) is 11.4 Å². The molecule has 0 atom stereocenters. The zero-order valence-corrected chi connectivity index (χ0v) is 10.6. The molecule has 0 aliphatic carbocycles. The minimum absolute atomic E-state index is 0.231. The van der Waals surface area contributed by atoms with Crippen molar-refractivity contribution in [3.63, 3.8) is 0 Å². The van der Waals surface area contributed by atoms with Crippen LogP contribution in [0.2, 0.25) is 0 Å². The van der Waals surface area contributed by atoms with Crippen molar-refractivity contribution in [2.45, 2.75) is 6.92 Å². The molecule has 0 aliphatic rings. The van der Waals surface area contributed by atoms with Gasteiger partial charge in [-0.25, -0.2) is 9.78 Å². The summed E-state index contributed by atoms with van der Waals surface area (Å²) in [4.78, 5) is 26.9. The average Bonchev–Trinajstić information content (AvgIpc) is 2.40. The fourth-order valence-corrected chi connectivity index (χ4v) is 1.65. The average molecular weight is 272 g/mol. The molecule has 0 aliphatic heterocycles. The van der Waals surface area contributed by atoms with Crippen molar-refractivity contribution in [2.75, 3.05) is 5.32 Å². The van der Waals surface area contributed by atoms with E-state index in [0.717, 1.165) is 0 Å². The topological polar surface area (TPSA) is 99.5 Å². The second-order valence-corrected chi connectivity index (χ2v) is 4.16. The molecule has 0 saturated heterocycles. The highest BCUT2D eigenvalue weighted by atomic mass is 16.4. The summed E-state index contributed by atoms with van der Waals surface area (Å²) in [5.41, 5.74) is 0.929. The number of aromatic carboxylic acids is 1. The van der Waals surface area contributed by atoms with Crippen LogP contribution >= 0.6 is 0 Å². The van der Waals surface area contributed by atoms with Gasteiger partial charge in [-0.1, -0.05) is 6.07 Å². The Kier molecular flexibility index (Phi) is 3.65. The van der Waals surface area contributed by atoms with Gasteiger partial charge in [0.05, 0.1) is 0 Å². The number of hydrogen-bond acceptors (Lipinski definition) is 4. The third-order valence-electron chi connectivity index (χ3n) is 2.61. The number of nitrogens with one attached hydrogen (secondary N) is 1. The third kappa shape index (κ3) is 2.92. The van der Waals surface area contributed by atoms with E-state index in [4.69, 9.17) is 5.11 Å². The van der Waals surface area contributed by atoms with Crippen LogP contribution in [0.4, 0.5) is 5.69 Å². The molecule has 6 nitrogen and oxygen atoms in total. The summed E-state index contributed by atoms with van der Waals surface area (Å²) in [7, 11) is 0. The Bertz CT molecular complexity index is 683. The lowest BCUT2D eigenvalue weighted by molar-refractivity contribution is 0.0693. The first-order valence-electron chi connectivity index (χ1n) is 5.78. The van der Waals surface area contributed by atoms with Gasteiger partial charge < -0.3 is 15.5 Å². The zero-order chi connectivity index (χ0) is 14.7. The summed E-state index contributed by atoms with van der Waals surface area (Å²) in [6.07, 6.45) is 0. The molecule has 0 bridgehead atoms. The van der Waals surface area contributed by atoms with E-state index >= 15 is 0 Å². The SMILES string of the molecule is Cc1cccc(C(=O)Nc2ccc(O)c(C(=O)O)c2)n1. The number of aryl methyl sites for hydroxylation is 1. The number of nitrogens with zero attached hydrogens (tertiary/aromatic N) is 1. The number of carbonyl (C=O) groups is 2. The summed E-state index contributed by atoms with van der Waals surface area (Å²) in [6.45, 7) is 1.76. The predicted octanol–water partition coefficient (Wildman–Crippen LogP) is 2.05. The first-order chi connectivity index (χ1) is 9.47. The van der Waals surface area contributed by atoms with Gasteiger partial charge >= 0.3 is 5.97 Å². The number of rotatable bonds is 3. The number of carbonyl (C=O) groups excluding carboxylic acids is 1. The Hall–Kier alpha value is -2.89. The van der Waals surface area contributed by atoms with E-state index in [0.29, 0.717) is 5.69 Å². The number of aromatic nitrogens is 1. The van der Waals surface area contributed by atoms with E-state index in [1.807, 2.05) is 0 Å². The summed E-state index contributed by atoms with van der Waals surface area (Å²) in [5, 5.41) is 20.8. The minimum Gasteiger partial charge on any atom is -0.507 e. The maximum Gasteiger partial charge on any atom is 0.339 e. The lowest BCUT2D eigenvalue weighted by Crippen LogP contribution is -2.14. The first kappa shape index (κ1) is 13.5. The number of phenols is 1. The molecule has 2 rings (SSSR count). The second-order valence-electron chi connectivity index (χ2n) is 4.16. The molecule has 102 valence electrons.